The fourth-order valence-electron chi connectivity index (χ4n) is 2.96. The molecule has 0 bridgehead atoms. The number of hydrogen-bond acceptors (Lipinski definition) is 6. The smallest absolute Gasteiger partial charge is 0.205 e. The van der Waals surface area contributed by atoms with Crippen LogP contribution in [-0.4, -0.2) is 25.6 Å². The molecule has 0 aromatic heterocycles. The van der Waals surface area contributed by atoms with Crippen LogP contribution in [0.2, 0.25) is 0 Å². The second-order valence-corrected chi connectivity index (χ2v) is 6.02. The molecule has 2 atom stereocenters. The van der Waals surface area contributed by atoms with Gasteiger partial charge in [-0.1, -0.05) is 55.5 Å². The minimum absolute atomic E-state index is 0.00637. The molecule has 2 aromatic carbocycles. The zero-order valence-corrected chi connectivity index (χ0v) is 14.4. The van der Waals surface area contributed by atoms with E-state index in [1.54, 1.807) is 7.11 Å². The Labute approximate surface area is 147 Å². The van der Waals surface area contributed by atoms with Crippen LogP contribution in [0, 0.1) is 5.92 Å². The fraction of sp³-hybridized carbons (Fsp3) is 0.263. The molecule has 0 aliphatic carbocycles. The molecule has 2 unspecified atom stereocenters. The molecule has 130 valence electrons. The average molecular weight is 337 g/mol. The largest absolute Gasteiger partial charge is 0.384 e. The van der Waals surface area contributed by atoms with E-state index in [2.05, 4.69) is 22.5 Å². The van der Waals surface area contributed by atoms with Crippen LogP contribution in [0.15, 0.2) is 70.6 Å². The molecule has 6 heteroatoms. The molecule has 6 nitrogen and oxygen atoms in total. The van der Waals surface area contributed by atoms with Crippen molar-refractivity contribution in [2.24, 2.45) is 21.6 Å². The standard InChI is InChI=1S/C19H23N5O/c1-14(13-25-2)19(15-9-5-3-6-10-15)23-17(20)22-18(24-19)21-16-11-7-4-8-12-16/h3-12,14H,13H2,1-2H3,(H4,20,21,22,23,24). The van der Waals surface area contributed by atoms with E-state index in [9.17, 15) is 0 Å². The fourth-order valence-corrected chi connectivity index (χ4v) is 2.96. The number of para-hydroxylation sites is 1. The van der Waals surface area contributed by atoms with Gasteiger partial charge in [0, 0.05) is 24.3 Å². The average Bonchev–Trinajstić information content (AvgIpc) is 2.63. The summed E-state index contributed by atoms with van der Waals surface area (Å²) in [6, 6.07) is 19.8. The quantitative estimate of drug-likeness (QED) is 0.783. The number of nitrogens with one attached hydrogen (secondary N) is 2. The minimum atomic E-state index is -0.844. The maximum atomic E-state index is 6.10. The Bertz CT molecular complexity index is 760. The summed E-state index contributed by atoms with van der Waals surface area (Å²) in [6.07, 6.45) is 0. The van der Waals surface area contributed by atoms with Gasteiger partial charge in [-0.2, -0.15) is 0 Å². The Morgan fingerprint density at radius 3 is 2.36 bits per heavy atom. The first-order valence-corrected chi connectivity index (χ1v) is 8.23. The maximum Gasteiger partial charge on any atom is 0.205 e. The third-order valence-corrected chi connectivity index (χ3v) is 4.16. The molecule has 0 radical (unpaired) electrons. The van der Waals surface area contributed by atoms with E-state index in [1.165, 1.54) is 0 Å². The van der Waals surface area contributed by atoms with E-state index in [0.717, 1.165) is 11.3 Å². The van der Waals surface area contributed by atoms with Gasteiger partial charge in [-0.3, -0.25) is 5.32 Å². The number of guanidine groups is 2. The van der Waals surface area contributed by atoms with Gasteiger partial charge < -0.3 is 15.8 Å². The van der Waals surface area contributed by atoms with E-state index in [-0.39, 0.29) is 5.92 Å². The lowest BCUT2D eigenvalue weighted by Crippen LogP contribution is -2.50. The van der Waals surface area contributed by atoms with Crippen molar-refractivity contribution in [2.45, 2.75) is 12.6 Å². The molecule has 0 saturated carbocycles. The summed E-state index contributed by atoms with van der Waals surface area (Å²) in [4.78, 5) is 9.56. The van der Waals surface area contributed by atoms with E-state index in [0.29, 0.717) is 18.5 Å². The second kappa shape index (κ2) is 7.36. The first-order chi connectivity index (χ1) is 12.1. The molecule has 0 saturated heterocycles. The van der Waals surface area contributed by atoms with Crippen molar-refractivity contribution in [3.8, 4) is 0 Å². The number of ether oxygens (including phenoxy) is 1. The summed E-state index contributed by atoms with van der Waals surface area (Å²) in [6.45, 7) is 2.57. The maximum absolute atomic E-state index is 6.10. The lowest BCUT2D eigenvalue weighted by Gasteiger charge is -2.36. The molecular formula is C19H23N5O. The van der Waals surface area contributed by atoms with E-state index < -0.39 is 5.66 Å². The summed E-state index contributed by atoms with van der Waals surface area (Å²) in [5, 5.41) is 6.28. The first kappa shape index (κ1) is 17.0. The topological polar surface area (TPSA) is 84.0 Å². The van der Waals surface area contributed by atoms with Gasteiger partial charge >= 0.3 is 0 Å². The van der Waals surface area contributed by atoms with Crippen LogP contribution in [0.4, 0.5) is 5.69 Å². The summed E-state index contributed by atoms with van der Waals surface area (Å²) in [5.74, 6) is 0.874. The SMILES string of the molecule is COCC(C)C1(c2ccccc2)N=C(N)NC(Nc2ccccc2)=N1. The van der Waals surface area contributed by atoms with Crippen LogP contribution in [0.1, 0.15) is 12.5 Å². The Kier molecular flexibility index (Phi) is 5.00. The lowest BCUT2D eigenvalue weighted by molar-refractivity contribution is 0.117. The van der Waals surface area contributed by atoms with Gasteiger partial charge in [-0.05, 0) is 12.1 Å². The van der Waals surface area contributed by atoms with Crippen molar-refractivity contribution in [1.29, 1.82) is 0 Å². The number of nitrogens with zero attached hydrogens (tertiary/aromatic N) is 2. The van der Waals surface area contributed by atoms with Crippen molar-refractivity contribution in [3.63, 3.8) is 0 Å². The first-order valence-electron chi connectivity index (χ1n) is 8.23. The van der Waals surface area contributed by atoms with Gasteiger partial charge in [0.2, 0.25) is 5.96 Å². The highest BCUT2D eigenvalue weighted by atomic mass is 16.5. The predicted molar refractivity (Wildman–Crippen MR) is 101 cm³/mol. The molecule has 1 aliphatic heterocycles. The molecule has 0 fully saturated rings. The summed E-state index contributed by atoms with van der Waals surface area (Å²) in [5.41, 5.74) is 7.15. The van der Waals surface area contributed by atoms with Crippen molar-refractivity contribution < 1.29 is 4.74 Å². The van der Waals surface area contributed by atoms with Gasteiger partial charge in [-0.15, -0.1) is 0 Å². The third kappa shape index (κ3) is 3.64. The number of aliphatic imine (C=N–C) groups is 2. The zero-order valence-electron chi connectivity index (χ0n) is 14.4. The van der Waals surface area contributed by atoms with Crippen LogP contribution in [0.5, 0.6) is 0 Å². The number of rotatable bonds is 5. The highest BCUT2D eigenvalue weighted by molar-refractivity contribution is 6.06. The van der Waals surface area contributed by atoms with Crippen molar-refractivity contribution in [3.05, 3.63) is 66.2 Å². The molecule has 2 aromatic rings. The lowest BCUT2D eigenvalue weighted by atomic mass is 9.88. The Balaban J connectivity index is 2.04. The predicted octanol–water partition coefficient (Wildman–Crippen LogP) is 2.51. The van der Waals surface area contributed by atoms with Gasteiger partial charge in [-0.25, -0.2) is 9.98 Å². The summed E-state index contributed by atoms with van der Waals surface area (Å²) >= 11 is 0. The van der Waals surface area contributed by atoms with Crippen LogP contribution in [-0.2, 0) is 10.4 Å². The Morgan fingerprint density at radius 2 is 1.72 bits per heavy atom. The van der Waals surface area contributed by atoms with Gasteiger partial charge in [0.1, 0.15) is 0 Å². The number of hydrogen-bond donors (Lipinski definition) is 3. The van der Waals surface area contributed by atoms with E-state index in [1.807, 2.05) is 60.7 Å². The number of anilines is 1. The second-order valence-electron chi connectivity index (χ2n) is 6.02. The Hall–Kier alpha value is -2.86. The molecule has 1 heterocycles. The highest BCUT2D eigenvalue weighted by Gasteiger charge is 2.40. The number of benzene rings is 2. The van der Waals surface area contributed by atoms with Gasteiger partial charge in [0.25, 0.3) is 0 Å². The molecule has 4 N–H and O–H groups in total. The van der Waals surface area contributed by atoms with Gasteiger partial charge in [0.05, 0.1) is 6.61 Å². The van der Waals surface area contributed by atoms with Crippen molar-refractivity contribution in [1.82, 2.24) is 5.32 Å². The molecule has 0 spiro atoms. The van der Waals surface area contributed by atoms with Crippen LogP contribution in [0.3, 0.4) is 0 Å². The summed E-state index contributed by atoms with van der Waals surface area (Å²) in [7, 11) is 1.68. The molecular weight excluding hydrogens is 314 g/mol. The molecule has 0 amide bonds. The zero-order chi connectivity index (χ0) is 17.7. The monoisotopic (exact) mass is 337 g/mol. The van der Waals surface area contributed by atoms with E-state index >= 15 is 0 Å². The van der Waals surface area contributed by atoms with Crippen molar-refractivity contribution >= 4 is 17.6 Å². The third-order valence-electron chi connectivity index (χ3n) is 4.16. The van der Waals surface area contributed by atoms with Crippen molar-refractivity contribution in [2.75, 3.05) is 19.0 Å². The highest BCUT2D eigenvalue weighted by Crippen LogP contribution is 2.37. The Morgan fingerprint density at radius 1 is 1.08 bits per heavy atom. The summed E-state index contributed by atoms with van der Waals surface area (Å²) < 4.78 is 5.37. The number of methoxy groups -OCH3 is 1. The van der Waals surface area contributed by atoms with E-state index in [4.69, 9.17) is 15.5 Å². The molecule has 1 aliphatic rings. The molecule has 25 heavy (non-hydrogen) atoms. The normalized spacial score (nSPS) is 20.9. The minimum Gasteiger partial charge on any atom is -0.384 e. The van der Waals surface area contributed by atoms with Gasteiger partial charge in [0.15, 0.2) is 11.6 Å². The number of nitrogens with two attached hydrogens (primary N) is 1. The van der Waals surface area contributed by atoms with Crippen LogP contribution in [0.25, 0.3) is 0 Å². The van der Waals surface area contributed by atoms with Crippen LogP contribution < -0.4 is 16.4 Å². The van der Waals surface area contributed by atoms with Crippen LogP contribution >= 0.6 is 0 Å². The molecule has 3 rings (SSSR count).